The second kappa shape index (κ2) is 12.3. The van der Waals surface area contributed by atoms with Crippen LogP contribution >= 0.6 is 0 Å². The summed E-state index contributed by atoms with van der Waals surface area (Å²) >= 11 is 0. The van der Waals surface area contributed by atoms with Crippen molar-refractivity contribution >= 4 is 5.91 Å². The Bertz CT molecular complexity index is 639. The van der Waals surface area contributed by atoms with E-state index in [1.54, 1.807) is 4.90 Å². The maximum atomic E-state index is 13.2. The minimum atomic E-state index is -0.546. The Morgan fingerprint density at radius 1 is 1.23 bits per heavy atom. The van der Waals surface area contributed by atoms with Gasteiger partial charge in [0.25, 0.3) is 5.91 Å². The number of morpholine rings is 1. The number of carbonyl (C=O) groups excluding carboxylic acids is 1. The fourth-order valence-electron chi connectivity index (χ4n) is 3.55. The highest BCUT2D eigenvalue weighted by molar-refractivity contribution is 5.94. The molecular weight excluding hydrogens is 387 g/mol. The molecule has 1 aliphatic rings. The summed E-state index contributed by atoms with van der Waals surface area (Å²) in [6.45, 7) is 12.8. The van der Waals surface area contributed by atoms with Gasteiger partial charge in [-0.2, -0.15) is 0 Å². The standard InChI is InChI=1S/C23H37FN2O4/c1-17(2)11-26(23(28)19-5-7-20(24)8-6-19)14-22-13-25(9-10-30-22)12-21(27)16-29-15-18(3)4/h5-8,17-18,21-22,27H,9-16H2,1-4H3/t21-,22+/m0/s1. The van der Waals surface area contributed by atoms with E-state index >= 15 is 0 Å². The number of β-amino-alcohol motifs (C(OH)–C–C–N with tert-alkyl or cyclic N) is 1. The van der Waals surface area contributed by atoms with Crippen molar-refractivity contribution in [3.05, 3.63) is 35.6 Å². The molecule has 0 saturated carbocycles. The lowest BCUT2D eigenvalue weighted by atomic mass is 10.1. The van der Waals surface area contributed by atoms with Gasteiger partial charge in [0.1, 0.15) is 5.82 Å². The average molecular weight is 425 g/mol. The molecule has 0 aromatic heterocycles. The summed E-state index contributed by atoms with van der Waals surface area (Å²) in [7, 11) is 0. The molecule has 2 atom stereocenters. The lowest BCUT2D eigenvalue weighted by molar-refractivity contribution is -0.0602. The Hall–Kier alpha value is -1.54. The Balaban J connectivity index is 1.91. The molecule has 0 spiro atoms. The minimum absolute atomic E-state index is 0.119. The normalized spacial score (nSPS) is 18.7. The molecule has 1 fully saturated rings. The van der Waals surface area contributed by atoms with Crippen LogP contribution in [0.3, 0.4) is 0 Å². The SMILES string of the molecule is CC(C)COC[C@@H](O)CN1CCO[C@@H](CN(CC(C)C)C(=O)c2ccc(F)cc2)C1. The number of aliphatic hydroxyl groups excluding tert-OH is 1. The summed E-state index contributed by atoms with van der Waals surface area (Å²) in [5.74, 6) is 0.264. The first-order chi connectivity index (χ1) is 14.2. The smallest absolute Gasteiger partial charge is 0.253 e. The fraction of sp³-hybridized carbons (Fsp3) is 0.696. The van der Waals surface area contributed by atoms with E-state index in [0.29, 0.717) is 63.4 Å². The molecule has 30 heavy (non-hydrogen) atoms. The van der Waals surface area contributed by atoms with Crippen LogP contribution in [0.5, 0.6) is 0 Å². The molecule has 1 amide bonds. The minimum Gasteiger partial charge on any atom is -0.389 e. The monoisotopic (exact) mass is 424 g/mol. The van der Waals surface area contributed by atoms with E-state index in [4.69, 9.17) is 9.47 Å². The third-order valence-electron chi connectivity index (χ3n) is 4.84. The lowest BCUT2D eigenvalue weighted by Crippen LogP contribution is -2.51. The van der Waals surface area contributed by atoms with Crippen LogP contribution in [0.25, 0.3) is 0 Å². The third-order valence-corrected chi connectivity index (χ3v) is 4.84. The first-order valence-electron chi connectivity index (χ1n) is 10.9. The predicted molar refractivity (Wildman–Crippen MR) is 115 cm³/mol. The number of aliphatic hydroxyl groups is 1. The van der Waals surface area contributed by atoms with Crippen molar-refractivity contribution in [2.24, 2.45) is 11.8 Å². The van der Waals surface area contributed by atoms with Gasteiger partial charge in [-0.3, -0.25) is 9.69 Å². The summed E-state index contributed by atoms with van der Waals surface area (Å²) < 4.78 is 24.7. The number of rotatable bonds is 11. The molecule has 0 unspecified atom stereocenters. The summed E-state index contributed by atoms with van der Waals surface area (Å²) in [6.07, 6.45) is -0.680. The predicted octanol–water partition coefficient (Wildman–Crippen LogP) is 2.66. The first kappa shape index (κ1) is 24.7. The van der Waals surface area contributed by atoms with Crippen LogP contribution in [0, 0.1) is 17.7 Å². The van der Waals surface area contributed by atoms with Crippen LogP contribution in [-0.2, 0) is 9.47 Å². The molecule has 1 aromatic carbocycles. The third kappa shape index (κ3) is 8.68. The van der Waals surface area contributed by atoms with E-state index < -0.39 is 6.10 Å². The molecule has 0 aliphatic carbocycles. The van der Waals surface area contributed by atoms with Crippen LogP contribution in [-0.4, -0.2) is 85.6 Å². The molecule has 7 heteroatoms. The molecule has 1 aliphatic heterocycles. The Labute approximate surface area is 179 Å². The number of nitrogens with zero attached hydrogens (tertiary/aromatic N) is 2. The highest BCUT2D eigenvalue weighted by Crippen LogP contribution is 2.14. The van der Waals surface area contributed by atoms with Gasteiger partial charge in [-0.05, 0) is 36.1 Å². The lowest BCUT2D eigenvalue weighted by Gasteiger charge is -2.37. The van der Waals surface area contributed by atoms with Crippen LogP contribution in [0.15, 0.2) is 24.3 Å². The molecule has 1 N–H and O–H groups in total. The Morgan fingerprint density at radius 3 is 2.57 bits per heavy atom. The number of hydrogen-bond donors (Lipinski definition) is 1. The van der Waals surface area contributed by atoms with Crippen molar-refractivity contribution in [2.75, 3.05) is 52.5 Å². The van der Waals surface area contributed by atoms with E-state index in [-0.39, 0.29) is 17.8 Å². The molecule has 170 valence electrons. The molecule has 2 rings (SSSR count). The van der Waals surface area contributed by atoms with E-state index in [9.17, 15) is 14.3 Å². The molecule has 1 saturated heterocycles. The van der Waals surface area contributed by atoms with Crippen LogP contribution in [0.1, 0.15) is 38.1 Å². The van der Waals surface area contributed by atoms with Gasteiger partial charge < -0.3 is 19.5 Å². The van der Waals surface area contributed by atoms with Crippen molar-refractivity contribution < 1.29 is 23.8 Å². The van der Waals surface area contributed by atoms with Gasteiger partial charge in [-0.15, -0.1) is 0 Å². The van der Waals surface area contributed by atoms with Crippen molar-refractivity contribution in [1.82, 2.24) is 9.80 Å². The zero-order valence-electron chi connectivity index (χ0n) is 18.7. The topological polar surface area (TPSA) is 62.2 Å². The molecule has 0 bridgehead atoms. The number of ether oxygens (including phenoxy) is 2. The number of amides is 1. The van der Waals surface area contributed by atoms with Crippen molar-refractivity contribution in [1.29, 1.82) is 0 Å². The summed E-state index contributed by atoms with van der Waals surface area (Å²) in [4.78, 5) is 16.9. The van der Waals surface area contributed by atoms with Crippen molar-refractivity contribution in [3.8, 4) is 0 Å². The molecule has 1 aromatic rings. The molecule has 6 nitrogen and oxygen atoms in total. The molecule has 1 heterocycles. The number of benzene rings is 1. The fourth-order valence-corrected chi connectivity index (χ4v) is 3.55. The average Bonchev–Trinajstić information content (AvgIpc) is 2.67. The molecule has 0 radical (unpaired) electrons. The van der Waals surface area contributed by atoms with Gasteiger partial charge in [0.15, 0.2) is 0 Å². The van der Waals surface area contributed by atoms with Gasteiger partial charge >= 0.3 is 0 Å². The zero-order chi connectivity index (χ0) is 22.1. The second-order valence-electron chi connectivity index (χ2n) is 8.95. The van der Waals surface area contributed by atoms with Gasteiger partial charge in [0, 0.05) is 44.9 Å². The maximum Gasteiger partial charge on any atom is 0.253 e. The van der Waals surface area contributed by atoms with Gasteiger partial charge in [0.05, 0.1) is 25.4 Å². The maximum absolute atomic E-state index is 13.2. The highest BCUT2D eigenvalue weighted by atomic mass is 19.1. The van der Waals surface area contributed by atoms with Crippen LogP contribution in [0.2, 0.25) is 0 Å². The number of halogens is 1. The molecular formula is C23H37FN2O4. The van der Waals surface area contributed by atoms with E-state index in [1.807, 2.05) is 0 Å². The highest BCUT2D eigenvalue weighted by Gasteiger charge is 2.27. The van der Waals surface area contributed by atoms with Gasteiger partial charge in [-0.25, -0.2) is 4.39 Å². The van der Waals surface area contributed by atoms with Gasteiger partial charge in [-0.1, -0.05) is 27.7 Å². The summed E-state index contributed by atoms with van der Waals surface area (Å²) in [5, 5.41) is 10.3. The summed E-state index contributed by atoms with van der Waals surface area (Å²) in [5.41, 5.74) is 0.474. The van der Waals surface area contributed by atoms with E-state index in [2.05, 4.69) is 32.6 Å². The van der Waals surface area contributed by atoms with E-state index in [1.165, 1.54) is 24.3 Å². The summed E-state index contributed by atoms with van der Waals surface area (Å²) in [6, 6.07) is 5.66. The quantitative estimate of drug-likeness (QED) is 0.592. The number of hydrogen-bond acceptors (Lipinski definition) is 5. The second-order valence-corrected chi connectivity index (χ2v) is 8.95. The van der Waals surface area contributed by atoms with Crippen LogP contribution in [0.4, 0.5) is 4.39 Å². The first-order valence-corrected chi connectivity index (χ1v) is 10.9. The van der Waals surface area contributed by atoms with E-state index in [0.717, 1.165) is 6.54 Å². The van der Waals surface area contributed by atoms with Gasteiger partial charge in [0.2, 0.25) is 0 Å². The Morgan fingerprint density at radius 2 is 1.93 bits per heavy atom. The largest absolute Gasteiger partial charge is 0.389 e. The Kier molecular flexibility index (Phi) is 10.2. The van der Waals surface area contributed by atoms with Crippen molar-refractivity contribution in [3.63, 3.8) is 0 Å². The van der Waals surface area contributed by atoms with Crippen molar-refractivity contribution in [2.45, 2.75) is 39.9 Å². The zero-order valence-corrected chi connectivity index (χ0v) is 18.7. The number of carbonyl (C=O) groups is 1. The van der Waals surface area contributed by atoms with Crippen LogP contribution < -0.4 is 0 Å².